The molecule has 1 aromatic heterocycles. The Bertz CT molecular complexity index is 220. The zero-order chi connectivity index (χ0) is 6.85. The fourth-order valence-electron chi connectivity index (χ4n) is 0.605. The molecule has 0 saturated carbocycles. The number of nitrogens with zero attached hydrogens (tertiary/aromatic N) is 1. The third-order valence-electron chi connectivity index (χ3n) is 1.21. The predicted molar refractivity (Wildman–Crippen MR) is 36.4 cm³/mol. The molecule has 0 radical (unpaired) electrons. The lowest BCUT2D eigenvalue weighted by atomic mass is 10.4. The lowest BCUT2D eigenvalue weighted by Crippen LogP contribution is -2.31. The van der Waals surface area contributed by atoms with Gasteiger partial charge in [-0.25, -0.2) is 4.57 Å². The molecule has 0 aliphatic rings. The fraction of sp³-hybridized carbons (Fsp3) is 0.167. The molecule has 0 amide bonds. The molecule has 0 spiro atoms. The van der Waals surface area contributed by atoms with Crippen molar-refractivity contribution >= 4 is 11.5 Å². The van der Waals surface area contributed by atoms with Crippen LogP contribution in [0.15, 0.2) is 18.3 Å². The lowest BCUT2D eigenvalue weighted by Gasteiger charge is -1.94. The molecular formula is C6H10N3+. The van der Waals surface area contributed by atoms with Crippen molar-refractivity contribution < 1.29 is 4.57 Å². The van der Waals surface area contributed by atoms with Crippen molar-refractivity contribution in [3.05, 3.63) is 18.3 Å². The molecule has 1 aromatic rings. The Kier molecular flexibility index (Phi) is 1.26. The third-order valence-corrected chi connectivity index (χ3v) is 1.21. The maximum atomic E-state index is 5.50. The summed E-state index contributed by atoms with van der Waals surface area (Å²) in [6.07, 6.45) is 1.82. The summed E-state index contributed by atoms with van der Waals surface area (Å²) in [7, 11) is 1.87. The highest BCUT2D eigenvalue weighted by molar-refractivity contribution is 5.42. The topological polar surface area (TPSA) is 55.9 Å². The molecule has 0 atom stereocenters. The predicted octanol–water partition coefficient (Wildman–Crippen LogP) is -0.325. The second-order valence-electron chi connectivity index (χ2n) is 2.00. The summed E-state index contributed by atoms with van der Waals surface area (Å²) in [6, 6.07) is 3.52. The van der Waals surface area contributed by atoms with Gasteiger partial charge in [-0.05, 0) is 0 Å². The smallest absolute Gasteiger partial charge is 0.274 e. The van der Waals surface area contributed by atoms with Gasteiger partial charge in [-0.2, -0.15) is 0 Å². The Morgan fingerprint density at radius 3 is 2.56 bits per heavy atom. The molecule has 48 valence electrons. The van der Waals surface area contributed by atoms with Gasteiger partial charge >= 0.3 is 0 Å². The second kappa shape index (κ2) is 1.93. The van der Waals surface area contributed by atoms with Crippen molar-refractivity contribution in [3.63, 3.8) is 0 Å². The van der Waals surface area contributed by atoms with E-state index in [2.05, 4.69) is 0 Å². The molecule has 0 saturated heterocycles. The molecule has 0 aliphatic heterocycles. The molecule has 4 N–H and O–H groups in total. The molecule has 0 fully saturated rings. The van der Waals surface area contributed by atoms with Crippen molar-refractivity contribution in [2.75, 3.05) is 11.5 Å². The van der Waals surface area contributed by atoms with E-state index in [1.54, 1.807) is 16.7 Å². The van der Waals surface area contributed by atoms with Crippen LogP contribution >= 0.6 is 0 Å². The molecule has 9 heavy (non-hydrogen) atoms. The first-order valence-corrected chi connectivity index (χ1v) is 2.71. The zero-order valence-electron chi connectivity index (χ0n) is 5.33. The number of aromatic nitrogens is 1. The van der Waals surface area contributed by atoms with Crippen LogP contribution in [0.1, 0.15) is 0 Å². The van der Waals surface area contributed by atoms with Crippen LogP contribution in [0.4, 0.5) is 11.5 Å². The molecular weight excluding hydrogens is 114 g/mol. The van der Waals surface area contributed by atoms with Gasteiger partial charge < -0.3 is 5.73 Å². The lowest BCUT2D eigenvalue weighted by molar-refractivity contribution is -0.656. The number of nitrogens with two attached hydrogens (primary N) is 2. The summed E-state index contributed by atoms with van der Waals surface area (Å²) in [4.78, 5) is 0. The summed E-state index contributed by atoms with van der Waals surface area (Å²) >= 11 is 0. The van der Waals surface area contributed by atoms with Gasteiger partial charge in [0.15, 0.2) is 0 Å². The van der Waals surface area contributed by atoms with Crippen LogP contribution in [-0.4, -0.2) is 0 Å². The molecule has 3 nitrogen and oxygen atoms in total. The van der Waals surface area contributed by atoms with Crippen LogP contribution in [0, 0.1) is 0 Å². The second-order valence-corrected chi connectivity index (χ2v) is 2.00. The Morgan fingerprint density at radius 1 is 1.44 bits per heavy atom. The molecule has 3 heteroatoms. The first-order valence-electron chi connectivity index (χ1n) is 2.71. The van der Waals surface area contributed by atoms with Gasteiger partial charge in [-0.15, -0.1) is 0 Å². The third kappa shape index (κ3) is 1.10. The van der Waals surface area contributed by atoms with Gasteiger partial charge in [0.1, 0.15) is 0 Å². The van der Waals surface area contributed by atoms with Crippen molar-refractivity contribution in [2.24, 2.45) is 7.05 Å². The van der Waals surface area contributed by atoms with Crippen LogP contribution in [-0.2, 0) is 7.05 Å². The maximum absolute atomic E-state index is 5.50. The Balaban J connectivity index is 3.17. The van der Waals surface area contributed by atoms with Crippen molar-refractivity contribution in [1.29, 1.82) is 0 Å². The van der Waals surface area contributed by atoms with Crippen LogP contribution in [0.2, 0.25) is 0 Å². The molecule has 1 heterocycles. The number of pyridine rings is 1. The van der Waals surface area contributed by atoms with Crippen molar-refractivity contribution in [2.45, 2.75) is 0 Å². The van der Waals surface area contributed by atoms with Gasteiger partial charge in [0.05, 0.1) is 19.3 Å². The quantitative estimate of drug-likeness (QED) is 0.465. The minimum Gasteiger partial charge on any atom is -0.398 e. The Hall–Kier alpha value is -1.25. The largest absolute Gasteiger partial charge is 0.398 e. The van der Waals surface area contributed by atoms with E-state index in [1.165, 1.54) is 0 Å². The van der Waals surface area contributed by atoms with Crippen molar-refractivity contribution in [3.8, 4) is 0 Å². The summed E-state index contributed by atoms with van der Waals surface area (Å²) in [5, 5.41) is 0. The standard InChI is InChI=1S/C6H9N3/c1-9-3-2-5(7)4-6(9)8/h2-4H,1H3,(H3,7,8)/p+1. The Morgan fingerprint density at radius 2 is 2.11 bits per heavy atom. The minimum atomic E-state index is 0.676. The zero-order valence-corrected chi connectivity index (χ0v) is 5.33. The number of nitrogen functional groups attached to an aromatic ring is 2. The van der Waals surface area contributed by atoms with Gasteiger partial charge in [0.25, 0.3) is 5.82 Å². The van der Waals surface area contributed by atoms with Gasteiger partial charge in [-0.1, -0.05) is 0 Å². The summed E-state index contributed by atoms with van der Waals surface area (Å²) in [6.45, 7) is 0. The van der Waals surface area contributed by atoms with E-state index >= 15 is 0 Å². The Labute approximate surface area is 53.9 Å². The minimum absolute atomic E-state index is 0.676. The average Bonchev–Trinajstić information content (AvgIpc) is 1.80. The van der Waals surface area contributed by atoms with Crippen molar-refractivity contribution in [1.82, 2.24) is 0 Å². The molecule has 1 rings (SSSR count). The van der Waals surface area contributed by atoms with E-state index in [-0.39, 0.29) is 0 Å². The van der Waals surface area contributed by atoms with E-state index in [9.17, 15) is 0 Å². The first-order chi connectivity index (χ1) is 4.20. The van der Waals surface area contributed by atoms with Crippen LogP contribution in [0.5, 0.6) is 0 Å². The van der Waals surface area contributed by atoms with E-state index in [0.29, 0.717) is 11.5 Å². The normalized spacial score (nSPS) is 9.44. The van der Waals surface area contributed by atoms with E-state index in [1.807, 2.05) is 13.2 Å². The number of rotatable bonds is 0. The molecule has 0 unspecified atom stereocenters. The maximum Gasteiger partial charge on any atom is 0.274 e. The van der Waals surface area contributed by atoms with E-state index < -0.39 is 0 Å². The highest BCUT2D eigenvalue weighted by Crippen LogP contribution is 2.00. The summed E-state index contributed by atoms with van der Waals surface area (Å²) in [5.41, 5.74) is 11.6. The summed E-state index contributed by atoms with van der Waals surface area (Å²) < 4.78 is 1.80. The monoisotopic (exact) mass is 124 g/mol. The summed E-state index contributed by atoms with van der Waals surface area (Å²) in [5.74, 6) is 0.676. The van der Waals surface area contributed by atoms with E-state index in [0.717, 1.165) is 0 Å². The highest BCUT2D eigenvalue weighted by Gasteiger charge is 1.96. The molecule has 0 bridgehead atoms. The number of anilines is 2. The van der Waals surface area contributed by atoms with Crippen LogP contribution in [0.25, 0.3) is 0 Å². The molecule has 0 aliphatic carbocycles. The van der Waals surface area contributed by atoms with Gasteiger partial charge in [-0.3, -0.25) is 5.73 Å². The van der Waals surface area contributed by atoms with E-state index in [4.69, 9.17) is 11.5 Å². The fourth-order valence-corrected chi connectivity index (χ4v) is 0.605. The van der Waals surface area contributed by atoms with Gasteiger partial charge in [0, 0.05) is 11.8 Å². The average molecular weight is 124 g/mol. The SMILES string of the molecule is C[n+]1ccc(N)cc1N. The molecule has 0 aromatic carbocycles. The number of hydrogen-bond donors (Lipinski definition) is 2. The van der Waals surface area contributed by atoms with Crippen LogP contribution < -0.4 is 16.0 Å². The highest BCUT2D eigenvalue weighted by atomic mass is 15.0. The number of aryl methyl sites for hydroxylation is 1. The van der Waals surface area contributed by atoms with Crippen LogP contribution in [0.3, 0.4) is 0 Å². The number of hydrogen-bond acceptors (Lipinski definition) is 2. The van der Waals surface area contributed by atoms with Gasteiger partial charge in [0.2, 0.25) is 0 Å². The first kappa shape index (κ1) is 5.88.